The summed E-state index contributed by atoms with van der Waals surface area (Å²) in [7, 11) is 1.62. The molecular formula is C14H25N3O3. The van der Waals surface area contributed by atoms with Gasteiger partial charge >= 0.3 is 0 Å². The minimum atomic E-state index is -0.202. The Kier molecular flexibility index (Phi) is 4.18. The van der Waals surface area contributed by atoms with Crippen LogP contribution < -0.4 is 5.32 Å². The van der Waals surface area contributed by atoms with Crippen molar-refractivity contribution in [3.05, 3.63) is 11.7 Å². The molecule has 1 N–H and O–H groups in total. The SMILES string of the molecule is COC(C)c1noc(CNC2CC(C)(C)OC2(C)C)n1. The van der Waals surface area contributed by atoms with E-state index in [-0.39, 0.29) is 23.3 Å². The third-order valence-corrected chi connectivity index (χ3v) is 3.77. The van der Waals surface area contributed by atoms with Gasteiger partial charge in [-0.1, -0.05) is 5.16 Å². The zero-order valence-corrected chi connectivity index (χ0v) is 13.2. The van der Waals surface area contributed by atoms with Crippen molar-refractivity contribution >= 4 is 0 Å². The normalized spacial score (nSPS) is 25.8. The molecule has 1 aromatic heterocycles. The number of aromatic nitrogens is 2. The summed E-state index contributed by atoms with van der Waals surface area (Å²) in [5.41, 5.74) is -0.308. The second-order valence-electron chi connectivity index (χ2n) is 6.53. The Morgan fingerprint density at radius 1 is 1.40 bits per heavy atom. The van der Waals surface area contributed by atoms with Gasteiger partial charge in [0.15, 0.2) is 5.82 Å². The largest absolute Gasteiger partial charge is 0.374 e. The predicted octanol–water partition coefficient (Wildman–Crippen LogP) is 2.21. The van der Waals surface area contributed by atoms with E-state index in [9.17, 15) is 0 Å². The summed E-state index contributed by atoms with van der Waals surface area (Å²) in [6, 6.07) is 0.257. The maximum Gasteiger partial charge on any atom is 0.240 e. The summed E-state index contributed by atoms with van der Waals surface area (Å²) in [6.07, 6.45) is 0.799. The van der Waals surface area contributed by atoms with Crippen LogP contribution in [0.1, 0.15) is 58.9 Å². The molecule has 1 fully saturated rings. The van der Waals surface area contributed by atoms with Crippen molar-refractivity contribution in [1.82, 2.24) is 15.5 Å². The van der Waals surface area contributed by atoms with Gasteiger partial charge in [0, 0.05) is 13.2 Å². The van der Waals surface area contributed by atoms with Crippen molar-refractivity contribution in [3.63, 3.8) is 0 Å². The van der Waals surface area contributed by atoms with Gasteiger partial charge in [0.25, 0.3) is 0 Å². The molecule has 1 aromatic rings. The molecule has 6 nitrogen and oxygen atoms in total. The molecule has 0 radical (unpaired) electrons. The van der Waals surface area contributed by atoms with E-state index in [1.54, 1.807) is 7.11 Å². The van der Waals surface area contributed by atoms with Gasteiger partial charge in [-0.25, -0.2) is 0 Å². The van der Waals surface area contributed by atoms with Crippen LogP contribution in [0.15, 0.2) is 4.52 Å². The van der Waals surface area contributed by atoms with Crippen LogP contribution in [0.2, 0.25) is 0 Å². The Morgan fingerprint density at radius 3 is 2.65 bits per heavy atom. The zero-order valence-electron chi connectivity index (χ0n) is 13.2. The van der Waals surface area contributed by atoms with Crippen molar-refractivity contribution < 1.29 is 14.0 Å². The lowest BCUT2D eigenvalue weighted by molar-refractivity contribution is -0.0700. The molecule has 2 rings (SSSR count). The minimum Gasteiger partial charge on any atom is -0.374 e. The van der Waals surface area contributed by atoms with Crippen molar-refractivity contribution in [3.8, 4) is 0 Å². The van der Waals surface area contributed by atoms with Gasteiger partial charge in [-0.15, -0.1) is 0 Å². The number of hydrogen-bond acceptors (Lipinski definition) is 6. The van der Waals surface area contributed by atoms with Crippen molar-refractivity contribution in [2.75, 3.05) is 7.11 Å². The first-order valence-electron chi connectivity index (χ1n) is 7.02. The fourth-order valence-electron chi connectivity index (χ4n) is 2.70. The third kappa shape index (κ3) is 3.37. The lowest BCUT2D eigenvalue weighted by atomic mass is 9.94. The van der Waals surface area contributed by atoms with Gasteiger partial charge in [-0.2, -0.15) is 4.98 Å². The van der Waals surface area contributed by atoms with E-state index in [2.05, 4.69) is 43.2 Å². The maximum absolute atomic E-state index is 6.05. The number of nitrogens with zero attached hydrogens (tertiary/aromatic N) is 2. The molecular weight excluding hydrogens is 258 g/mol. The van der Waals surface area contributed by atoms with E-state index in [1.807, 2.05) is 6.92 Å². The smallest absolute Gasteiger partial charge is 0.240 e. The van der Waals surface area contributed by atoms with Crippen LogP contribution in [0.3, 0.4) is 0 Å². The van der Waals surface area contributed by atoms with E-state index >= 15 is 0 Å². The number of methoxy groups -OCH3 is 1. The van der Waals surface area contributed by atoms with Gasteiger partial charge in [0.1, 0.15) is 6.10 Å². The fourth-order valence-corrected chi connectivity index (χ4v) is 2.70. The summed E-state index contributed by atoms with van der Waals surface area (Å²) >= 11 is 0. The summed E-state index contributed by atoms with van der Waals surface area (Å²) in [6.45, 7) is 10.9. The minimum absolute atomic E-state index is 0.105. The molecule has 1 aliphatic rings. The van der Waals surface area contributed by atoms with Crippen molar-refractivity contribution in [2.24, 2.45) is 0 Å². The molecule has 1 aliphatic heterocycles. The zero-order chi connectivity index (χ0) is 15.0. The van der Waals surface area contributed by atoms with Crippen LogP contribution in [0, 0.1) is 0 Å². The van der Waals surface area contributed by atoms with Gasteiger partial charge in [-0.3, -0.25) is 0 Å². The molecule has 2 atom stereocenters. The summed E-state index contributed by atoms with van der Waals surface area (Å²) in [4.78, 5) is 4.32. The molecule has 20 heavy (non-hydrogen) atoms. The molecule has 0 aliphatic carbocycles. The predicted molar refractivity (Wildman–Crippen MR) is 74.2 cm³/mol. The second-order valence-corrected chi connectivity index (χ2v) is 6.53. The third-order valence-electron chi connectivity index (χ3n) is 3.77. The summed E-state index contributed by atoms with van der Waals surface area (Å²) < 4.78 is 16.4. The molecule has 0 aromatic carbocycles. The van der Waals surface area contributed by atoms with Gasteiger partial charge in [0.05, 0.1) is 17.7 Å². The van der Waals surface area contributed by atoms with Crippen LogP contribution in [-0.4, -0.2) is 34.5 Å². The molecule has 2 heterocycles. The average Bonchev–Trinajstić information content (AvgIpc) is 2.87. The van der Waals surface area contributed by atoms with E-state index in [0.717, 1.165) is 6.42 Å². The maximum atomic E-state index is 6.05. The Bertz CT molecular complexity index is 456. The highest BCUT2D eigenvalue weighted by Gasteiger charge is 2.45. The van der Waals surface area contributed by atoms with Crippen molar-refractivity contribution in [2.45, 2.75) is 70.9 Å². The average molecular weight is 283 g/mol. The number of hydrogen-bond donors (Lipinski definition) is 1. The molecule has 2 unspecified atom stereocenters. The Hall–Kier alpha value is -0.980. The topological polar surface area (TPSA) is 69.4 Å². The lowest BCUT2D eigenvalue weighted by Gasteiger charge is -2.27. The van der Waals surface area contributed by atoms with Crippen LogP contribution in [0.5, 0.6) is 0 Å². The van der Waals surface area contributed by atoms with Crippen LogP contribution in [0.4, 0.5) is 0 Å². The first-order valence-corrected chi connectivity index (χ1v) is 7.02. The first kappa shape index (κ1) is 15.4. The molecule has 0 amide bonds. The van der Waals surface area contributed by atoms with E-state index < -0.39 is 0 Å². The quantitative estimate of drug-likeness (QED) is 0.893. The van der Waals surface area contributed by atoms with Gasteiger partial charge < -0.3 is 19.3 Å². The molecule has 6 heteroatoms. The van der Waals surface area contributed by atoms with E-state index in [4.69, 9.17) is 14.0 Å². The van der Waals surface area contributed by atoms with Crippen LogP contribution >= 0.6 is 0 Å². The van der Waals surface area contributed by atoms with Crippen LogP contribution in [0.25, 0.3) is 0 Å². The molecule has 114 valence electrons. The molecule has 0 spiro atoms. The van der Waals surface area contributed by atoms with Gasteiger partial charge in [-0.05, 0) is 41.0 Å². The standard InChI is InChI=1S/C14H25N3O3/c1-9(18-6)12-16-11(19-17-12)8-15-10-7-13(2,3)20-14(10,4)5/h9-10,15H,7-8H2,1-6H3. The Labute approximate surface area is 120 Å². The number of ether oxygens (including phenoxy) is 2. The molecule has 1 saturated heterocycles. The summed E-state index contributed by atoms with van der Waals surface area (Å²) in [5.74, 6) is 1.15. The monoisotopic (exact) mass is 283 g/mol. The fraction of sp³-hybridized carbons (Fsp3) is 0.857. The van der Waals surface area contributed by atoms with Crippen LogP contribution in [-0.2, 0) is 16.0 Å². The number of nitrogens with one attached hydrogen (secondary N) is 1. The van der Waals surface area contributed by atoms with Crippen molar-refractivity contribution in [1.29, 1.82) is 0 Å². The highest BCUT2D eigenvalue weighted by molar-refractivity contribution is 4.99. The molecule has 0 bridgehead atoms. The molecule has 0 saturated carbocycles. The first-order chi connectivity index (χ1) is 9.23. The summed E-state index contributed by atoms with van der Waals surface area (Å²) in [5, 5.41) is 7.37. The van der Waals surface area contributed by atoms with E-state index in [0.29, 0.717) is 18.3 Å². The Balaban J connectivity index is 1.94. The number of rotatable bonds is 5. The Morgan fingerprint density at radius 2 is 2.10 bits per heavy atom. The highest BCUT2D eigenvalue weighted by atomic mass is 16.5. The van der Waals surface area contributed by atoms with E-state index in [1.165, 1.54) is 0 Å². The van der Waals surface area contributed by atoms with Gasteiger partial charge in [0.2, 0.25) is 5.89 Å². The lowest BCUT2D eigenvalue weighted by Crippen LogP contribution is -2.43. The second kappa shape index (κ2) is 5.42. The highest BCUT2D eigenvalue weighted by Crippen LogP contribution is 2.37.